The largest absolute Gasteiger partial charge is 0.399 e. The Morgan fingerprint density at radius 2 is 2.06 bits per heavy atom. The van der Waals surface area contributed by atoms with Gasteiger partial charge in [0.25, 0.3) is 0 Å². The summed E-state index contributed by atoms with van der Waals surface area (Å²) < 4.78 is 0. The van der Waals surface area contributed by atoms with E-state index in [-0.39, 0.29) is 0 Å². The molecule has 2 N–H and O–H groups in total. The topological polar surface area (TPSA) is 46.3 Å². The Hall–Kier alpha value is -1.51. The standard InChI is InChI=1S/C15H20N2O/c1-2-15(18)17-8-11-7-13(14(11)9-17)10-3-5-12(16)6-4-10/h3-6,11,13-14H,2,7-9,16H2,1H3/t11-,13-,14+/m0/s1. The first-order chi connectivity index (χ1) is 8.69. The van der Waals surface area contributed by atoms with Gasteiger partial charge in [0.2, 0.25) is 5.91 Å². The Bertz CT molecular complexity index is 454. The van der Waals surface area contributed by atoms with Gasteiger partial charge in [0.15, 0.2) is 0 Å². The minimum atomic E-state index is 0.306. The first kappa shape index (κ1) is 11.6. The summed E-state index contributed by atoms with van der Waals surface area (Å²) in [6.07, 6.45) is 1.86. The number of amides is 1. The van der Waals surface area contributed by atoms with Crippen molar-refractivity contribution >= 4 is 11.6 Å². The molecule has 18 heavy (non-hydrogen) atoms. The lowest BCUT2D eigenvalue weighted by Gasteiger charge is -2.39. The first-order valence-corrected chi connectivity index (χ1v) is 6.82. The number of carbonyl (C=O) groups excluding carboxylic acids is 1. The molecule has 3 rings (SSSR count). The fraction of sp³-hybridized carbons (Fsp3) is 0.533. The van der Waals surface area contributed by atoms with Crippen LogP contribution in [-0.2, 0) is 4.79 Å². The van der Waals surface area contributed by atoms with Crippen LogP contribution in [0.5, 0.6) is 0 Å². The normalized spacial score (nSPS) is 29.8. The minimum absolute atomic E-state index is 0.306. The van der Waals surface area contributed by atoms with E-state index < -0.39 is 0 Å². The van der Waals surface area contributed by atoms with Gasteiger partial charge in [0, 0.05) is 25.2 Å². The first-order valence-electron chi connectivity index (χ1n) is 6.82. The summed E-state index contributed by atoms with van der Waals surface area (Å²) in [6.45, 7) is 3.87. The predicted octanol–water partition coefficient (Wildman–Crippen LogP) is 2.24. The van der Waals surface area contributed by atoms with Crippen molar-refractivity contribution in [3.05, 3.63) is 29.8 Å². The van der Waals surface area contributed by atoms with E-state index in [4.69, 9.17) is 5.73 Å². The maximum absolute atomic E-state index is 11.7. The highest BCUT2D eigenvalue weighted by Gasteiger charge is 2.48. The molecule has 0 radical (unpaired) electrons. The summed E-state index contributed by atoms with van der Waals surface area (Å²) in [5.41, 5.74) is 7.93. The van der Waals surface area contributed by atoms with Gasteiger partial charge < -0.3 is 10.6 Å². The number of nitrogen functional groups attached to an aromatic ring is 1. The molecule has 1 heterocycles. The predicted molar refractivity (Wildman–Crippen MR) is 72.1 cm³/mol. The molecule has 1 aromatic rings. The third-order valence-corrected chi connectivity index (χ3v) is 4.58. The number of hydrogen-bond donors (Lipinski definition) is 1. The molecule has 0 bridgehead atoms. The third kappa shape index (κ3) is 1.78. The van der Waals surface area contributed by atoms with Crippen LogP contribution in [0, 0.1) is 11.8 Å². The van der Waals surface area contributed by atoms with Gasteiger partial charge in [-0.2, -0.15) is 0 Å². The van der Waals surface area contributed by atoms with E-state index in [9.17, 15) is 4.79 Å². The SMILES string of the molecule is CCC(=O)N1C[C@@H]2C[C@@H](c3ccc(N)cc3)[C@@H]2C1. The summed E-state index contributed by atoms with van der Waals surface area (Å²) in [7, 11) is 0. The molecule has 1 aromatic carbocycles. The van der Waals surface area contributed by atoms with Crippen LogP contribution < -0.4 is 5.73 Å². The van der Waals surface area contributed by atoms with Crippen molar-refractivity contribution in [1.29, 1.82) is 0 Å². The Kier molecular flexibility index (Phi) is 2.77. The summed E-state index contributed by atoms with van der Waals surface area (Å²) in [4.78, 5) is 13.8. The lowest BCUT2D eigenvalue weighted by molar-refractivity contribution is -0.129. The van der Waals surface area contributed by atoms with Gasteiger partial charge in [0.1, 0.15) is 0 Å². The van der Waals surface area contributed by atoms with Crippen molar-refractivity contribution < 1.29 is 4.79 Å². The molecule has 96 valence electrons. The molecule has 3 atom stereocenters. The van der Waals surface area contributed by atoms with E-state index in [1.807, 2.05) is 24.0 Å². The fourth-order valence-corrected chi connectivity index (χ4v) is 3.46. The van der Waals surface area contributed by atoms with Crippen LogP contribution in [0.15, 0.2) is 24.3 Å². The van der Waals surface area contributed by atoms with Crippen molar-refractivity contribution in [2.24, 2.45) is 11.8 Å². The van der Waals surface area contributed by atoms with Crippen molar-refractivity contribution in [2.45, 2.75) is 25.7 Å². The lowest BCUT2D eigenvalue weighted by atomic mass is 9.64. The Morgan fingerprint density at radius 1 is 1.33 bits per heavy atom. The molecule has 1 saturated heterocycles. The molecule has 1 saturated carbocycles. The Morgan fingerprint density at radius 3 is 2.72 bits per heavy atom. The van der Waals surface area contributed by atoms with Crippen LogP contribution in [0.25, 0.3) is 0 Å². The van der Waals surface area contributed by atoms with E-state index in [1.165, 1.54) is 12.0 Å². The maximum atomic E-state index is 11.7. The number of anilines is 1. The number of nitrogens with two attached hydrogens (primary N) is 1. The van der Waals surface area contributed by atoms with E-state index in [2.05, 4.69) is 12.1 Å². The van der Waals surface area contributed by atoms with Crippen LogP contribution in [0.2, 0.25) is 0 Å². The molecular formula is C15H20N2O. The van der Waals surface area contributed by atoms with E-state index >= 15 is 0 Å². The molecule has 0 spiro atoms. The highest BCUT2D eigenvalue weighted by Crippen LogP contribution is 2.51. The molecule has 3 nitrogen and oxygen atoms in total. The third-order valence-electron chi connectivity index (χ3n) is 4.58. The number of fused-ring (bicyclic) bond motifs is 1. The number of benzene rings is 1. The number of carbonyl (C=O) groups is 1. The summed E-state index contributed by atoms with van der Waals surface area (Å²) >= 11 is 0. The van der Waals surface area contributed by atoms with Crippen LogP contribution in [-0.4, -0.2) is 23.9 Å². The molecule has 2 aliphatic rings. The van der Waals surface area contributed by atoms with Crippen molar-refractivity contribution in [3.8, 4) is 0 Å². The van der Waals surface area contributed by atoms with Gasteiger partial charge in [-0.25, -0.2) is 0 Å². The number of rotatable bonds is 2. The quantitative estimate of drug-likeness (QED) is 0.811. The second kappa shape index (κ2) is 4.30. The van der Waals surface area contributed by atoms with Crippen molar-refractivity contribution in [1.82, 2.24) is 4.90 Å². The van der Waals surface area contributed by atoms with Gasteiger partial charge >= 0.3 is 0 Å². The summed E-state index contributed by atoms with van der Waals surface area (Å²) in [5, 5.41) is 0. The number of likely N-dealkylation sites (tertiary alicyclic amines) is 1. The summed E-state index contributed by atoms with van der Waals surface area (Å²) in [5.74, 6) is 2.33. The van der Waals surface area contributed by atoms with Crippen molar-refractivity contribution in [3.63, 3.8) is 0 Å². The Balaban J connectivity index is 1.69. The molecular weight excluding hydrogens is 224 g/mol. The number of nitrogens with zero attached hydrogens (tertiary/aromatic N) is 1. The molecule has 3 heteroatoms. The summed E-state index contributed by atoms with van der Waals surface area (Å²) in [6, 6.07) is 8.24. The van der Waals surface area contributed by atoms with Crippen LogP contribution in [0.4, 0.5) is 5.69 Å². The van der Waals surface area contributed by atoms with Gasteiger partial charge in [-0.15, -0.1) is 0 Å². The Labute approximate surface area is 108 Å². The van der Waals surface area contributed by atoms with Gasteiger partial charge in [-0.05, 0) is 41.9 Å². The fourth-order valence-electron chi connectivity index (χ4n) is 3.46. The maximum Gasteiger partial charge on any atom is 0.222 e. The molecule has 1 aliphatic carbocycles. The zero-order valence-corrected chi connectivity index (χ0v) is 10.8. The number of hydrogen-bond acceptors (Lipinski definition) is 2. The average Bonchev–Trinajstić information content (AvgIpc) is 2.69. The van der Waals surface area contributed by atoms with Crippen molar-refractivity contribution in [2.75, 3.05) is 18.8 Å². The second-order valence-electron chi connectivity index (χ2n) is 5.59. The minimum Gasteiger partial charge on any atom is -0.399 e. The smallest absolute Gasteiger partial charge is 0.222 e. The zero-order valence-electron chi connectivity index (χ0n) is 10.8. The zero-order chi connectivity index (χ0) is 12.7. The molecule has 1 aliphatic heterocycles. The van der Waals surface area contributed by atoms with E-state index in [0.717, 1.165) is 24.7 Å². The second-order valence-corrected chi connectivity index (χ2v) is 5.59. The van der Waals surface area contributed by atoms with Crippen LogP contribution >= 0.6 is 0 Å². The van der Waals surface area contributed by atoms with E-state index in [1.54, 1.807) is 0 Å². The van der Waals surface area contributed by atoms with Gasteiger partial charge in [-0.1, -0.05) is 19.1 Å². The monoisotopic (exact) mass is 244 g/mol. The average molecular weight is 244 g/mol. The van der Waals surface area contributed by atoms with Crippen LogP contribution in [0.1, 0.15) is 31.2 Å². The molecule has 2 fully saturated rings. The highest BCUT2D eigenvalue weighted by atomic mass is 16.2. The molecule has 0 aromatic heterocycles. The molecule has 0 unspecified atom stereocenters. The lowest BCUT2D eigenvalue weighted by Crippen LogP contribution is -2.33. The van der Waals surface area contributed by atoms with E-state index in [0.29, 0.717) is 24.2 Å². The van der Waals surface area contributed by atoms with Crippen LogP contribution in [0.3, 0.4) is 0 Å². The van der Waals surface area contributed by atoms with Gasteiger partial charge in [-0.3, -0.25) is 4.79 Å². The molecule has 1 amide bonds. The van der Waals surface area contributed by atoms with Gasteiger partial charge in [0.05, 0.1) is 0 Å². The highest BCUT2D eigenvalue weighted by molar-refractivity contribution is 5.76.